The smallest absolute Gasteiger partial charge is 0.189 e. The van der Waals surface area contributed by atoms with Gasteiger partial charge < -0.3 is 20.6 Å². The van der Waals surface area contributed by atoms with Crippen molar-refractivity contribution in [3.05, 3.63) is 49.6 Å². The molecule has 0 saturated carbocycles. The number of hydrogen-bond acceptors (Lipinski definition) is 9. The van der Waals surface area contributed by atoms with Crippen LogP contribution in [0.1, 0.15) is 48.8 Å². The van der Waals surface area contributed by atoms with Gasteiger partial charge in [-0.1, -0.05) is 13.8 Å². The molecule has 29 heavy (non-hydrogen) atoms. The zero-order valence-corrected chi connectivity index (χ0v) is 19.9. The van der Waals surface area contributed by atoms with E-state index in [9.17, 15) is 0 Å². The molecule has 0 spiro atoms. The van der Waals surface area contributed by atoms with Crippen LogP contribution >= 0.6 is 45.3 Å². The van der Waals surface area contributed by atoms with Crippen molar-refractivity contribution in [2.45, 2.75) is 46.0 Å². The van der Waals surface area contributed by atoms with Gasteiger partial charge in [-0.2, -0.15) is 0 Å². The molecule has 0 saturated heterocycles. The van der Waals surface area contributed by atoms with Crippen molar-refractivity contribution in [1.29, 1.82) is 0 Å². The average Bonchev–Trinajstić information content (AvgIpc) is 3.50. The van der Waals surface area contributed by atoms with E-state index >= 15 is 0 Å². The topological polar surface area (TPSA) is 77.7 Å². The van der Waals surface area contributed by atoms with Crippen LogP contribution in [0, 0.1) is 0 Å². The van der Waals surface area contributed by atoms with Crippen LogP contribution < -0.4 is 5.32 Å². The molecule has 0 aliphatic carbocycles. The summed E-state index contributed by atoms with van der Waals surface area (Å²) in [4.78, 5) is 20.8. The van der Waals surface area contributed by atoms with Crippen molar-refractivity contribution in [3.63, 3.8) is 0 Å². The Labute approximate surface area is 186 Å². The molecule has 4 heterocycles. The minimum absolute atomic E-state index is 0.310. The highest BCUT2D eigenvalue weighted by atomic mass is 32.1. The van der Waals surface area contributed by atoms with Gasteiger partial charge in [0.15, 0.2) is 10.3 Å². The Bertz CT molecular complexity index is 1010. The first kappa shape index (κ1) is 20.4. The third kappa shape index (κ3) is 4.50. The lowest BCUT2D eigenvalue weighted by Gasteiger charge is -2.22. The fraction of sp³-hybridized carbons (Fsp3) is 0.368. The standard InChI is InChI=1S/C19H21N6S4/c1-5-11-7-20-15(28-11)24-17-22-13(9-26-17)19(3,4)14-10-27-18(23-14)25-16-21-8-12(6-2)29-16/h7-10H,5-6H2,1-4H3,(H-,20,21,22,23,24,25)/q-1. The molecule has 0 radical (unpaired) electrons. The Morgan fingerprint density at radius 3 is 2.28 bits per heavy atom. The van der Waals surface area contributed by atoms with Gasteiger partial charge in [0.25, 0.3) is 0 Å². The van der Waals surface area contributed by atoms with Gasteiger partial charge in [0.1, 0.15) is 0 Å². The number of aromatic nitrogens is 4. The first-order valence-corrected chi connectivity index (χ1v) is 12.7. The molecule has 4 aromatic heterocycles. The maximum atomic E-state index is 4.79. The molecule has 0 unspecified atom stereocenters. The van der Waals surface area contributed by atoms with Gasteiger partial charge >= 0.3 is 0 Å². The molecule has 152 valence electrons. The quantitative estimate of drug-likeness (QED) is 0.304. The van der Waals surface area contributed by atoms with Crippen molar-refractivity contribution in [2.24, 2.45) is 0 Å². The molecular weight excluding hydrogens is 441 g/mol. The first-order valence-electron chi connectivity index (χ1n) is 9.28. The molecular formula is C19H21N6S4-. The number of anilines is 2. The number of nitrogens with zero attached hydrogens (tertiary/aromatic N) is 5. The second kappa shape index (κ2) is 8.47. The predicted octanol–water partition coefficient (Wildman–Crippen LogP) is 7.04. The van der Waals surface area contributed by atoms with E-state index in [4.69, 9.17) is 9.97 Å². The number of rotatable bonds is 8. The Kier molecular flexibility index (Phi) is 5.95. The summed E-state index contributed by atoms with van der Waals surface area (Å²) in [5.74, 6) is 0. The normalized spacial score (nSPS) is 11.7. The molecule has 4 aromatic rings. The highest BCUT2D eigenvalue weighted by molar-refractivity contribution is 7.17. The molecule has 0 bridgehead atoms. The van der Waals surface area contributed by atoms with Crippen LogP contribution in [0.15, 0.2) is 23.2 Å². The zero-order valence-electron chi connectivity index (χ0n) is 16.6. The summed E-state index contributed by atoms with van der Waals surface area (Å²) in [5.41, 5.74) is 1.64. The van der Waals surface area contributed by atoms with Gasteiger partial charge in [0, 0.05) is 26.7 Å². The van der Waals surface area contributed by atoms with E-state index < -0.39 is 0 Å². The van der Waals surface area contributed by atoms with Crippen LogP contribution in [0.2, 0.25) is 0 Å². The first-order chi connectivity index (χ1) is 14.0. The van der Waals surface area contributed by atoms with Crippen LogP contribution in [-0.4, -0.2) is 19.9 Å². The molecule has 0 atom stereocenters. The summed E-state index contributed by atoms with van der Waals surface area (Å²) in [7, 11) is 0. The van der Waals surface area contributed by atoms with Gasteiger partial charge in [0.05, 0.1) is 16.0 Å². The summed E-state index contributed by atoms with van der Waals surface area (Å²) in [5, 5.41) is 15.3. The molecule has 10 heteroatoms. The van der Waals surface area contributed by atoms with E-state index in [0.717, 1.165) is 44.8 Å². The molecule has 0 fully saturated rings. The largest absolute Gasteiger partial charge is 0.359 e. The molecule has 0 aliphatic heterocycles. The van der Waals surface area contributed by atoms with Crippen molar-refractivity contribution in [2.75, 3.05) is 5.32 Å². The Balaban J connectivity index is 1.48. The highest BCUT2D eigenvalue weighted by Gasteiger charge is 2.27. The van der Waals surface area contributed by atoms with Crippen LogP contribution in [0.3, 0.4) is 0 Å². The van der Waals surface area contributed by atoms with Crippen LogP contribution in [-0.2, 0) is 18.3 Å². The van der Waals surface area contributed by atoms with E-state index in [1.54, 1.807) is 34.0 Å². The zero-order chi connectivity index (χ0) is 20.4. The maximum Gasteiger partial charge on any atom is 0.189 e. The maximum absolute atomic E-state index is 4.79. The Hall–Kier alpha value is -1.88. The monoisotopic (exact) mass is 461 g/mol. The second-order valence-corrected chi connectivity index (χ2v) is 10.8. The summed E-state index contributed by atoms with van der Waals surface area (Å²) < 4.78 is 0. The average molecular weight is 462 g/mol. The summed E-state index contributed by atoms with van der Waals surface area (Å²) in [6.45, 7) is 8.53. The van der Waals surface area contributed by atoms with Crippen LogP contribution in [0.4, 0.5) is 20.5 Å². The Morgan fingerprint density at radius 1 is 0.862 bits per heavy atom. The highest BCUT2D eigenvalue weighted by Crippen LogP contribution is 2.40. The number of thiazole rings is 4. The van der Waals surface area contributed by atoms with Crippen LogP contribution in [0.25, 0.3) is 5.32 Å². The summed E-state index contributed by atoms with van der Waals surface area (Å²) >= 11 is 6.40. The lowest BCUT2D eigenvalue weighted by atomic mass is 9.87. The minimum Gasteiger partial charge on any atom is -0.359 e. The summed E-state index contributed by atoms with van der Waals surface area (Å²) in [6, 6.07) is 0. The lowest BCUT2D eigenvalue weighted by molar-refractivity contribution is 0.605. The molecule has 6 nitrogen and oxygen atoms in total. The van der Waals surface area contributed by atoms with E-state index in [-0.39, 0.29) is 5.41 Å². The number of nitrogens with one attached hydrogen (secondary N) is 1. The summed E-state index contributed by atoms with van der Waals surface area (Å²) in [6.07, 6.45) is 5.77. The SMILES string of the molecule is CCc1cnc([N-]c2nc(C(C)(C)c3csc(Nc4ncc(CC)s4)n3)cs2)s1. The fourth-order valence-corrected chi connectivity index (χ4v) is 5.89. The van der Waals surface area contributed by atoms with Crippen LogP contribution in [0.5, 0.6) is 0 Å². The molecule has 0 amide bonds. The van der Waals surface area contributed by atoms with Gasteiger partial charge in [-0.25, -0.2) is 9.97 Å². The van der Waals surface area contributed by atoms with Crippen molar-refractivity contribution in [1.82, 2.24) is 19.9 Å². The number of hydrogen-bond donors (Lipinski definition) is 1. The van der Waals surface area contributed by atoms with Crippen molar-refractivity contribution >= 4 is 65.9 Å². The lowest BCUT2D eigenvalue weighted by Crippen LogP contribution is -2.19. The minimum atomic E-state index is -0.310. The predicted molar refractivity (Wildman–Crippen MR) is 125 cm³/mol. The van der Waals surface area contributed by atoms with Gasteiger partial charge in [-0.15, -0.1) is 45.3 Å². The molecule has 0 aliphatic rings. The Morgan fingerprint density at radius 2 is 1.55 bits per heavy atom. The fourth-order valence-electron chi connectivity index (χ4n) is 2.57. The van der Waals surface area contributed by atoms with Gasteiger partial charge in [-0.05, 0) is 44.0 Å². The van der Waals surface area contributed by atoms with E-state index in [2.05, 4.69) is 59.1 Å². The van der Waals surface area contributed by atoms with Gasteiger partial charge in [-0.3, -0.25) is 0 Å². The third-order valence-electron chi connectivity index (χ3n) is 4.47. The molecule has 4 rings (SSSR count). The third-order valence-corrected chi connectivity index (χ3v) is 8.06. The van der Waals surface area contributed by atoms with E-state index in [1.807, 2.05) is 12.4 Å². The number of aryl methyl sites for hydroxylation is 2. The van der Waals surface area contributed by atoms with Crippen molar-refractivity contribution in [3.8, 4) is 0 Å². The van der Waals surface area contributed by atoms with Gasteiger partial charge in [0.2, 0.25) is 0 Å². The second-order valence-electron chi connectivity index (χ2n) is 6.86. The molecule has 0 aromatic carbocycles. The van der Waals surface area contributed by atoms with E-state index in [0.29, 0.717) is 0 Å². The van der Waals surface area contributed by atoms with Crippen molar-refractivity contribution < 1.29 is 0 Å². The molecule has 1 N–H and O–H groups in total. The van der Waals surface area contributed by atoms with E-state index in [1.165, 1.54) is 21.1 Å².